The summed E-state index contributed by atoms with van der Waals surface area (Å²) in [5, 5.41) is 4.89. The van der Waals surface area contributed by atoms with Crippen molar-refractivity contribution in [2.45, 2.75) is 88.9 Å². The lowest BCUT2D eigenvalue weighted by atomic mass is 10.0. The number of nitrogens with zero attached hydrogens (tertiary/aromatic N) is 4. The molecule has 0 bridgehead atoms. The number of sulfonamides is 1. The van der Waals surface area contributed by atoms with Gasteiger partial charge in [0.25, 0.3) is 0 Å². The number of aryl methyl sites for hydroxylation is 1. The van der Waals surface area contributed by atoms with Crippen LogP contribution in [0.4, 0.5) is 18.4 Å². The van der Waals surface area contributed by atoms with E-state index in [9.17, 15) is 36.4 Å². The molecule has 1 aliphatic heterocycles. The minimum absolute atomic E-state index is 0.0381. The van der Waals surface area contributed by atoms with Gasteiger partial charge in [-0.1, -0.05) is 86.2 Å². The lowest BCUT2D eigenvalue weighted by Crippen LogP contribution is -2.57. The highest BCUT2D eigenvalue weighted by atomic mass is 32.2. The van der Waals surface area contributed by atoms with Gasteiger partial charge in [-0.25, -0.2) is 50.3 Å². The molecule has 4 aromatic rings. The Morgan fingerprint density at radius 2 is 1.46 bits per heavy atom. The lowest BCUT2D eigenvalue weighted by molar-refractivity contribution is -0.0715. The average Bonchev–Trinajstić information content (AvgIpc) is 3.41. The van der Waals surface area contributed by atoms with Crippen LogP contribution < -0.4 is 22.0 Å². The van der Waals surface area contributed by atoms with Gasteiger partial charge >= 0.3 is 23.6 Å². The zero-order valence-corrected chi connectivity index (χ0v) is 31.8. The first kappa shape index (κ1) is 41.4. The Morgan fingerprint density at radius 3 is 2.04 bits per heavy atom. The Balaban J connectivity index is 1.57. The number of rotatable bonds is 16. The molecule has 0 radical (unpaired) electrons. The quantitative estimate of drug-likeness (QED) is 0.124. The molecule has 0 saturated carbocycles. The van der Waals surface area contributed by atoms with Crippen LogP contribution in [0.15, 0.2) is 87.3 Å². The van der Waals surface area contributed by atoms with Crippen LogP contribution in [0.2, 0.25) is 0 Å². The fourth-order valence-corrected chi connectivity index (χ4v) is 7.77. The van der Waals surface area contributed by atoms with Crippen molar-refractivity contribution in [3.05, 3.63) is 122 Å². The molecule has 5 rings (SSSR count). The molecule has 2 heterocycles. The molecule has 0 unspecified atom stereocenters. The number of amides is 2. The number of alkyl carbamates (subject to hydrolysis) is 2. The van der Waals surface area contributed by atoms with Crippen LogP contribution in [0, 0.1) is 30.9 Å². The summed E-state index contributed by atoms with van der Waals surface area (Å²) < 4.78 is 72.5. The molecule has 1 aliphatic rings. The summed E-state index contributed by atoms with van der Waals surface area (Å²) in [5.41, 5.74) is -0.516. The molecule has 14 nitrogen and oxygen atoms in total. The Labute approximate surface area is 323 Å². The second-order valence-electron chi connectivity index (χ2n) is 13.3. The second kappa shape index (κ2) is 18.7. The van der Waals surface area contributed by atoms with Gasteiger partial charge in [0, 0.05) is 37.3 Å². The summed E-state index contributed by atoms with van der Waals surface area (Å²) in [5.74, 6) is 1.14. The van der Waals surface area contributed by atoms with Gasteiger partial charge in [-0.3, -0.25) is 0 Å². The van der Waals surface area contributed by atoms with E-state index in [1.807, 2.05) is 6.92 Å². The molecule has 17 heteroatoms. The van der Waals surface area contributed by atoms with Crippen LogP contribution in [-0.4, -0.2) is 64.1 Å². The standard InChI is InChI=1S/C39H44F2N6O8S/c1-4-6-7-12-22-45-38(50)46-26-34(54-36(48)42-23-28-13-8-10-15-31(28)40)35(55-37(49)43-24-29-14-9-11-16-32(29)41)33(47(46)39(45)51)25-44(21-5-2)56(52,53)30-19-17-27(3)18-20-30/h2,8-11,13-20,33-35H,4,6-7,12,21-26H2,1,3H3,(H,42,48)(H,43,49)/t33-,34+,35-/m1/s1. The van der Waals surface area contributed by atoms with Crippen LogP contribution in [0.1, 0.15) is 55.3 Å². The van der Waals surface area contributed by atoms with E-state index in [2.05, 4.69) is 16.6 Å². The van der Waals surface area contributed by atoms with Crippen LogP contribution in [0.3, 0.4) is 0 Å². The molecule has 0 saturated heterocycles. The van der Waals surface area contributed by atoms with E-state index >= 15 is 0 Å². The van der Waals surface area contributed by atoms with Crippen molar-refractivity contribution in [1.82, 2.24) is 28.9 Å². The van der Waals surface area contributed by atoms with E-state index < -0.39 is 83.1 Å². The molecule has 1 aromatic heterocycles. The van der Waals surface area contributed by atoms with Crippen LogP contribution >= 0.6 is 0 Å². The van der Waals surface area contributed by atoms with E-state index in [1.165, 1.54) is 48.5 Å². The third-order valence-corrected chi connectivity index (χ3v) is 11.2. The van der Waals surface area contributed by atoms with Gasteiger partial charge in [-0.15, -0.1) is 6.42 Å². The smallest absolute Gasteiger partial charge is 0.407 e. The minimum atomic E-state index is -4.38. The highest BCUT2D eigenvalue weighted by molar-refractivity contribution is 7.89. The largest absolute Gasteiger partial charge is 0.440 e. The Hall–Kier alpha value is -5.73. The number of hydrogen-bond acceptors (Lipinski definition) is 8. The number of benzene rings is 3. The monoisotopic (exact) mass is 794 g/mol. The molecule has 3 atom stereocenters. The van der Waals surface area contributed by atoms with Gasteiger partial charge in [0.2, 0.25) is 10.0 Å². The van der Waals surface area contributed by atoms with Crippen LogP contribution in [0.5, 0.6) is 0 Å². The van der Waals surface area contributed by atoms with Gasteiger partial charge in [0.05, 0.1) is 18.0 Å². The predicted molar refractivity (Wildman–Crippen MR) is 202 cm³/mol. The summed E-state index contributed by atoms with van der Waals surface area (Å²) in [6.45, 7) is 1.60. The number of ether oxygens (including phenoxy) is 2. The highest BCUT2D eigenvalue weighted by Crippen LogP contribution is 2.29. The summed E-state index contributed by atoms with van der Waals surface area (Å²) in [7, 11) is -4.38. The van der Waals surface area contributed by atoms with E-state index in [0.717, 1.165) is 43.1 Å². The summed E-state index contributed by atoms with van der Waals surface area (Å²) >= 11 is 0. The van der Waals surface area contributed by atoms with E-state index in [0.29, 0.717) is 6.42 Å². The van der Waals surface area contributed by atoms with Crippen molar-refractivity contribution in [2.24, 2.45) is 0 Å². The van der Waals surface area contributed by atoms with E-state index in [1.54, 1.807) is 31.2 Å². The maximum absolute atomic E-state index is 14.4. The molecule has 2 amide bonds. The minimum Gasteiger partial charge on any atom is -0.440 e. The van der Waals surface area contributed by atoms with Crippen molar-refractivity contribution in [1.29, 1.82) is 0 Å². The summed E-state index contributed by atoms with van der Waals surface area (Å²) in [4.78, 5) is 54.7. The zero-order chi connectivity index (χ0) is 40.4. The molecule has 298 valence electrons. The Morgan fingerprint density at radius 1 is 0.875 bits per heavy atom. The van der Waals surface area contributed by atoms with Gasteiger partial charge in [-0.2, -0.15) is 4.31 Å². The molecule has 0 spiro atoms. The summed E-state index contributed by atoms with van der Waals surface area (Å²) in [6.07, 6.45) is 3.27. The number of nitrogens with one attached hydrogen (secondary N) is 2. The fourth-order valence-electron chi connectivity index (χ4n) is 6.40. The van der Waals surface area contributed by atoms with Crippen molar-refractivity contribution >= 4 is 22.2 Å². The maximum Gasteiger partial charge on any atom is 0.407 e. The first-order valence-electron chi connectivity index (χ1n) is 18.1. The number of terminal acetylenes is 1. The average molecular weight is 795 g/mol. The SMILES string of the molecule is C#CCN(C[C@@H]1[C@@H](OC(=O)NCc2ccccc2F)[C@@H](OC(=O)NCc2ccccc2F)Cn2c(=O)n(CCCCCC)c(=O)n21)S(=O)(=O)c1ccc(C)cc1. The number of halogens is 2. The fraction of sp³-hybridized carbons (Fsp3) is 0.385. The van der Waals surface area contributed by atoms with Crippen LogP contribution in [0.25, 0.3) is 0 Å². The first-order chi connectivity index (χ1) is 26.8. The maximum atomic E-state index is 14.4. The second-order valence-corrected chi connectivity index (χ2v) is 15.2. The van der Waals surface area contributed by atoms with Gasteiger partial charge in [-0.05, 0) is 37.6 Å². The molecule has 0 aliphatic carbocycles. The number of aromatic nitrogens is 3. The van der Waals surface area contributed by atoms with Crippen molar-refractivity contribution < 1.29 is 36.3 Å². The van der Waals surface area contributed by atoms with E-state index in [-0.39, 0.29) is 35.7 Å². The number of carbonyl (C=O) groups excluding carboxylic acids is 2. The molecule has 56 heavy (non-hydrogen) atoms. The topological polar surface area (TPSA) is 163 Å². The Kier molecular flexibility index (Phi) is 13.9. The molecular formula is C39H44F2N6O8S. The Bertz CT molecular complexity index is 2280. The van der Waals surface area contributed by atoms with Crippen molar-refractivity contribution in [3.63, 3.8) is 0 Å². The normalized spacial score (nSPS) is 16.5. The van der Waals surface area contributed by atoms with Crippen LogP contribution in [-0.2, 0) is 45.7 Å². The van der Waals surface area contributed by atoms with Gasteiger partial charge in [0.15, 0.2) is 12.2 Å². The van der Waals surface area contributed by atoms with Crippen molar-refractivity contribution in [3.8, 4) is 12.3 Å². The van der Waals surface area contributed by atoms with Gasteiger partial charge in [0.1, 0.15) is 17.7 Å². The van der Waals surface area contributed by atoms with Crippen molar-refractivity contribution in [2.75, 3.05) is 13.1 Å². The van der Waals surface area contributed by atoms with E-state index in [4.69, 9.17) is 15.9 Å². The first-order valence-corrected chi connectivity index (χ1v) is 19.6. The van der Waals surface area contributed by atoms with Gasteiger partial charge < -0.3 is 20.1 Å². The number of hydrogen-bond donors (Lipinski definition) is 2. The molecule has 3 aromatic carbocycles. The summed E-state index contributed by atoms with van der Waals surface area (Å²) in [6, 6.07) is 15.9. The molecular weight excluding hydrogens is 751 g/mol. The molecule has 2 N–H and O–H groups in total. The number of fused-ring (bicyclic) bond motifs is 1. The third-order valence-electron chi connectivity index (χ3n) is 9.37. The molecule has 0 fully saturated rings. The number of unbranched alkanes of at least 4 members (excludes halogenated alkanes) is 3. The highest BCUT2D eigenvalue weighted by Gasteiger charge is 2.46. The number of carbonyl (C=O) groups is 2. The third kappa shape index (κ3) is 9.73. The zero-order valence-electron chi connectivity index (χ0n) is 31.0. The lowest BCUT2D eigenvalue weighted by Gasteiger charge is -2.39. The predicted octanol–water partition coefficient (Wildman–Crippen LogP) is 4.45.